The molecule has 1 atom stereocenters. The summed E-state index contributed by atoms with van der Waals surface area (Å²) in [6, 6.07) is 0. The second kappa shape index (κ2) is 66.7. The quantitative estimate of drug-likeness (QED) is 0.0261. The Labute approximate surface area is 481 Å². The van der Waals surface area contributed by atoms with E-state index in [2.05, 4.69) is 32.9 Å². The SMILES string of the molecule is CCCCCC/C=C\CCCCCCCC(=O)OCC(COC(=O)CCCCCCCCCCCCCCCCCCCCCCCCCC)OC(=O)CCCCCCCCCCCCCCCCCCCCCCCC. The average Bonchev–Trinajstić information content (AvgIpc) is 3.43. The van der Waals surface area contributed by atoms with Gasteiger partial charge in [-0.1, -0.05) is 354 Å². The van der Waals surface area contributed by atoms with Crippen molar-refractivity contribution in [2.75, 3.05) is 13.2 Å². The molecule has 0 saturated heterocycles. The highest BCUT2D eigenvalue weighted by atomic mass is 16.6. The van der Waals surface area contributed by atoms with Gasteiger partial charge >= 0.3 is 17.9 Å². The fourth-order valence-electron chi connectivity index (χ4n) is 11.0. The maximum atomic E-state index is 12.9. The number of carbonyl (C=O) groups excluding carboxylic acids is 3. The van der Waals surface area contributed by atoms with Gasteiger partial charge in [0.15, 0.2) is 6.10 Å². The molecule has 0 heterocycles. The molecular formula is C71H136O6. The van der Waals surface area contributed by atoms with Crippen LogP contribution in [-0.4, -0.2) is 37.2 Å². The Morgan fingerprint density at radius 1 is 0.247 bits per heavy atom. The van der Waals surface area contributed by atoms with E-state index in [4.69, 9.17) is 14.2 Å². The third-order valence-corrected chi connectivity index (χ3v) is 16.3. The van der Waals surface area contributed by atoms with Crippen LogP contribution < -0.4 is 0 Å². The number of esters is 3. The zero-order valence-electron chi connectivity index (χ0n) is 52.5. The van der Waals surface area contributed by atoms with Gasteiger partial charge in [0, 0.05) is 19.3 Å². The van der Waals surface area contributed by atoms with Gasteiger partial charge in [0.05, 0.1) is 0 Å². The van der Waals surface area contributed by atoms with Crippen LogP contribution in [0.5, 0.6) is 0 Å². The molecule has 0 fully saturated rings. The van der Waals surface area contributed by atoms with Crippen molar-refractivity contribution in [3.05, 3.63) is 12.2 Å². The Morgan fingerprint density at radius 3 is 0.662 bits per heavy atom. The van der Waals surface area contributed by atoms with E-state index in [0.717, 1.165) is 64.2 Å². The second-order valence-corrected chi connectivity index (χ2v) is 24.2. The first kappa shape index (κ1) is 75.2. The first-order valence-electron chi connectivity index (χ1n) is 35.2. The molecule has 1 unspecified atom stereocenters. The minimum Gasteiger partial charge on any atom is -0.462 e. The van der Waals surface area contributed by atoms with Crippen molar-refractivity contribution in [3.63, 3.8) is 0 Å². The molecule has 0 saturated carbocycles. The molecule has 6 heteroatoms. The molecule has 0 radical (unpaired) electrons. The van der Waals surface area contributed by atoms with Gasteiger partial charge in [0.2, 0.25) is 0 Å². The highest BCUT2D eigenvalue weighted by Crippen LogP contribution is 2.19. The van der Waals surface area contributed by atoms with Crippen molar-refractivity contribution in [1.29, 1.82) is 0 Å². The van der Waals surface area contributed by atoms with Crippen molar-refractivity contribution < 1.29 is 28.6 Å². The monoisotopic (exact) mass is 1090 g/mol. The number of hydrogen-bond donors (Lipinski definition) is 0. The largest absolute Gasteiger partial charge is 0.462 e. The van der Waals surface area contributed by atoms with Crippen LogP contribution in [-0.2, 0) is 28.6 Å². The van der Waals surface area contributed by atoms with Crippen molar-refractivity contribution >= 4 is 17.9 Å². The van der Waals surface area contributed by atoms with Crippen LogP contribution in [0.25, 0.3) is 0 Å². The van der Waals surface area contributed by atoms with Gasteiger partial charge in [-0.15, -0.1) is 0 Å². The molecule has 0 aliphatic heterocycles. The van der Waals surface area contributed by atoms with Crippen molar-refractivity contribution in [3.8, 4) is 0 Å². The highest BCUT2D eigenvalue weighted by molar-refractivity contribution is 5.71. The Morgan fingerprint density at radius 2 is 0.429 bits per heavy atom. The summed E-state index contributed by atoms with van der Waals surface area (Å²) in [5.74, 6) is -0.840. The van der Waals surface area contributed by atoms with Crippen molar-refractivity contribution in [2.24, 2.45) is 0 Å². The molecular weight excluding hydrogens is 949 g/mol. The molecule has 0 rings (SSSR count). The molecule has 0 bridgehead atoms. The lowest BCUT2D eigenvalue weighted by Gasteiger charge is -2.18. The van der Waals surface area contributed by atoms with Gasteiger partial charge in [0.1, 0.15) is 13.2 Å². The van der Waals surface area contributed by atoms with E-state index < -0.39 is 6.10 Å². The van der Waals surface area contributed by atoms with E-state index in [1.54, 1.807) is 0 Å². The maximum absolute atomic E-state index is 12.9. The molecule has 77 heavy (non-hydrogen) atoms. The van der Waals surface area contributed by atoms with E-state index in [-0.39, 0.29) is 31.1 Å². The van der Waals surface area contributed by atoms with Crippen LogP contribution in [0.4, 0.5) is 0 Å². The summed E-state index contributed by atoms with van der Waals surface area (Å²) in [5.41, 5.74) is 0. The lowest BCUT2D eigenvalue weighted by Crippen LogP contribution is -2.30. The zero-order valence-corrected chi connectivity index (χ0v) is 52.5. The van der Waals surface area contributed by atoms with Gasteiger partial charge in [-0.2, -0.15) is 0 Å². The summed E-state index contributed by atoms with van der Waals surface area (Å²) < 4.78 is 17.0. The normalized spacial score (nSPS) is 12.0. The third kappa shape index (κ3) is 64.9. The third-order valence-electron chi connectivity index (χ3n) is 16.3. The molecule has 0 aromatic carbocycles. The number of unbranched alkanes of at least 4 members (excludes halogenated alkanes) is 53. The summed E-state index contributed by atoms with van der Waals surface area (Å²) in [7, 11) is 0. The summed E-state index contributed by atoms with van der Waals surface area (Å²) in [6.07, 6.45) is 79.6. The minimum atomic E-state index is -0.769. The topological polar surface area (TPSA) is 78.9 Å². The standard InChI is InChI=1S/C71H136O6/c1-4-7-10-13-16-19-22-25-27-29-31-33-35-36-38-39-41-43-46-49-52-55-58-61-64-70(73)76-67-68(66-75-69(72)63-60-57-54-51-48-45-24-21-18-15-12-9-6-3)77-71(74)65-62-59-56-53-50-47-44-42-40-37-34-32-30-28-26-23-20-17-14-11-8-5-2/h21,24,68H,4-20,22-23,25-67H2,1-3H3/b24-21-. The van der Waals surface area contributed by atoms with E-state index in [9.17, 15) is 14.4 Å². The predicted octanol–water partition coefficient (Wildman–Crippen LogP) is 24.0. The van der Waals surface area contributed by atoms with Crippen LogP contribution >= 0.6 is 0 Å². The summed E-state index contributed by atoms with van der Waals surface area (Å²) >= 11 is 0. The van der Waals surface area contributed by atoms with Crippen LogP contribution in [0.1, 0.15) is 406 Å². The second-order valence-electron chi connectivity index (χ2n) is 24.2. The average molecular weight is 1090 g/mol. The zero-order chi connectivity index (χ0) is 55.7. The fourth-order valence-corrected chi connectivity index (χ4v) is 11.0. The molecule has 6 nitrogen and oxygen atoms in total. The van der Waals surface area contributed by atoms with E-state index >= 15 is 0 Å². The lowest BCUT2D eigenvalue weighted by molar-refractivity contribution is -0.167. The Balaban J connectivity index is 4.21. The Hall–Kier alpha value is -1.85. The van der Waals surface area contributed by atoms with Gasteiger partial charge in [-0.05, 0) is 44.9 Å². The minimum absolute atomic E-state index is 0.0657. The van der Waals surface area contributed by atoms with Gasteiger partial charge in [-0.25, -0.2) is 0 Å². The lowest BCUT2D eigenvalue weighted by atomic mass is 10.0. The molecule has 0 aliphatic rings. The molecule has 0 spiro atoms. The molecule has 456 valence electrons. The Kier molecular flexibility index (Phi) is 65.1. The summed E-state index contributed by atoms with van der Waals surface area (Å²) in [5, 5.41) is 0. The number of hydrogen-bond acceptors (Lipinski definition) is 6. The molecule has 0 aromatic rings. The molecule has 0 amide bonds. The summed E-state index contributed by atoms with van der Waals surface area (Å²) in [6.45, 7) is 6.71. The number of rotatable bonds is 66. The van der Waals surface area contributed by atoms with Crippen LogP contribution in [0.15, 0.2) is 12.2 Å². The fraction of sp³-hybridized carbons (Fsp3) is 0.930. The van der Waals surface area contributed by atoms with Crippen LogP contribution in [0.3, 0.4) is 0 Å². The molecule has 0 aromatic heterocycles. The smallest absolute Gasteiger partial charge is 0.306 e. The van der Waals surface area contributed by atoms with E-state index in [1.165, 1.54) is 302 Å². The van der Waals surface area contributed by atoms with Crippen LogP contribution in [0, 0.1) is 0 Å². The Bertz CT molecular complexity index is 1200. The van der Waals surface area contributed by atoms with Gasteiger partial charge < -0.3 is 14.2 Å². The predicted molar refractivity (Wildman–Crippen MR) is 335 cm³/mol. The highest BCUT2D eigenvalue weighted by Gasteiger charge is 2.19. The summed E-state index contributed by atoms with van der Waals surface area (Å²) in [4.78, 5) is 38.4. The molecule has 0 N–H and O–H groups in total. The first-order chi connectivity index (χ1) is 38.0. The number of carbonyl (C=O) groups is 3. The van der Waals surface area contributed by atoms with Crippen molar-refractivity contribution in [1.82, 2.24) is 0 Å². The van der Waals surface area contributed by atoms with Crippen molar-refractivity contribution in [2.45, 2.75) is 412 Å². The van der Waals surface area contributed by atoms with E-state index in [0.29, 0.717) is 19.3 Å². The van der Waals surface area contributed by atoms with Gasteiger partial charge in [0.25, 0.3) is 0 Å². The number of allylic oxidation sites excluding steroid dienone is 2. The molecule has 0 aliphatic carbocycles. The maximum Gasteiger partial charge on any atom is 0.306 e. The first-order valence-corrected chi connectivity index (χ1v) is 35.2. The van der Waals surface area contributed by atoms with Crippen LogP contribution in [0.2, 0.25) is 0 Å². The van der Waals surface area contributed by atoms with Gasteiger partial charge in [-0.3, -0.25) is 14.4 Å². The number of ether oxygens (including phenoxy) is 3. The van der Waals surface area contributed by atoms with E-state index in [1.807, 2.05) is 0 Å².